The number of hydrogen-bond donors (Lipinski definition) is 1. The Morgan fingerprint density at radius 3 is 2.36 bits per heavy atom. The Morgan fingerprint density at radius 1 is 1.12 bits per heavy atom. The molecule has 2 aromatic rings. The van der Waals surface area contributed by atoms with Gasteiger partial charge in [-0.2, -0.15) is 0 Å². The summed E-state index contributed by atoms with van der Waals surface area (Å²) in [4.78, 5) is 28.2. The zero-order chi connectivity index (χ0) is 18.2. The molecule has 1 amide bonds. The van der Waals surface area contributed by atoms with E-state index in [-0.39, 0.29) is 24.6 Å². The number of hydrogen-bond acceptors (Lipinski definition) is 5. The van der Waals surface area contributed by atoms with Crippen molar-refractivity contribution >= 4 is 11.9 Å². The highest BCUT2D eigenvalue weighted by molar-refractivity contribution is 5.85. The predicted molar refractivity (Wildman–Crippen MR) is 88.5 cm³/mol. The predicted octanol–water partition coefficient (Wildman–Crippen LogP) is 1.67. The molecule has 1 heterocycles. The maximum atomic E-state index is 12.9. The molecule has 1 aromatic heterocycles. The highest BCUT2D eigenvalue weighted by Gasteiger charge is 2.22. The van der Waals surface area contributed by atoms with Gasteiger partial charge in [0.15, 0.2) is 0 Å². The summed E-state index contributed by atoms with van der Waals surface area (Å²) in [5.74, 6) is -0.825. The van der Waals surface area contributed by atoms with Gasteiger partial charge >= 0.3 is 5.97 Å². The van der Waals surface area contributed by atoms with Crippen molar-refractivity contribution in [3.05, 3.63) is 59.5 Å². The lowest BCUT2D eigenvalue weighted by molar-refractivity contribution is -0.145. The number of rotatable bonds is 7. The molecular weight excluding hydrogens is 327 g/mol. The van der Waals surface area contributed by atoms with Crippen molar-refractivity contribution in [3.8, 4) is 5.88 Å². The van der Waals surface area contributed by atoms with E-state index in [1.165, 1.54) is 38.5 Å². The first-order valence-electron chi connectivity index (χ1n) is 7.62. The van der Waals surface area contributed by atoms with Crippen molar-refractivity contribution in [3.63, 3.8) is 0 Å². The average Bonchev–Trinajstić information content (AvgIpc) is 2.63. The van der Waals surface area contributed by atoms with Gasteiger partial charge in [-0.15, -0.1) is 0 Å². The lowest BCUT2D eigenvalue weighted by Crippen LogP contribution is -2.43. The number of ether oxygens (including phenoxy) is 2. The van der Waals surface area contributed by atoms with Crippen molar-refractivity contribution in [2.24, 2.45) is 0 Å². The summed E-state index contributed by atoms with van der Waals surface area (Å²) in [7, 11) is 2.77. The second-order valence-corrected chi connectivity index (χ2v) is 5.36. The minimum absolute atomic E-state index is 0.0363. The van der Waals surface area contributed by atoms with Gasteiger partial charge in [-0.3, -0.25) is 4.79 Å². The fourth-order valence-corrected chi connectivity index (χ4v) is 2.26. The second-order valence-electron chi connectivity index (χ2n) is 5.36. The van der Waals surface area contributed by atoms with Gasteiger partial charge in [0.05, 0.1) is 20.6 Å². The van der Waals surface area contributed by atoms with Gasteiger partial charge in [0, 0.05) is 18.7 Å². The van der Waals surface area contributed by atoms with Gasteiger partial charge in [-0.25, -0.2) is 14.2 Å². The smallest absolute Gasteiger partial charge is 0.328 e. The number of halogens is 1. The van der Waals surface area contributed by atoms with Gasteiger partial charge in [0.2, 0.25) is 11.8 Å². The molecule has 0 unspecified atom stereocenters. The number of nitrogens with one attached hydrogen (secondary N) is 1. The standard InChI is InChI=1S/C18H19FN2O4/c1-24-17-8-5-13(11-20-17)9-15(18(23)25-2)21-16(22)10-12-3-6-14(19)7-4-12/h3-8,11,15H,9-10H2,1-2H3,(H,21,22)/t15-/m0/s1. The molecule has 0 aliphatic rings. The Bertz CT molecular complexity index is 717. The molecular formula is C18H19FN2O4. The van der Waals surface area contributed by atoms with Crippen LogP contribution >= 0.6 is 0 Å². The van der Waals surface area contributed by atoms with Crippen LogP contribution in [0.4, 0.5) is 4.39 Å². The molecule has 0 aliphatic carbocycles. The van der Waals surface area contributed by atoms with Crippen LogP contribution in [0.25, 0.3) is 0 Å². The van der Waals surface area contributed by atoms with E-state index in [2.05, 4.69) is 10.3 Å². The summed E-state index contributed by atoms with van der Waals surface area (Å²) in [5.41, 5.74) is 1.40. The Labute approximate surface area is 145 Å². The molecule has 1 N–H and O–H groups in total. The van der Waals surface area contributed by atoms with E-state index in [4.69, 9.17) is 9.47 Å². The van der Waals surface area contributed by atoms with E-state index >= 15 is 0 Å². The number of aromatic nitrogens is 1. The topological polar surface area (TPSA) is 77.5 Å². The quantitative estimate of drug-likeness (QED) is 0.772. The normalized spacial score (nSPS) is 11.5. The molecule has 0 saturated heterocycles. The molecule has 132 valence electrons. The first kappa shape index (κ1) is 18.4. The molecule has 25 heavy (non-hydrogen) atoms. The molecule has 0 bridgehead atoms. The van der Waals surface area contributed by atoms with Crippen LogP contribution in [0.1, 0.15) is 11.1 Å². The van der Waals surface area contributed by atoms with E-state index in [0.29, 0.717) is 11.4 Å². The number of pyridine rings is 1. The summed E-state index contributed by atoms with van der Waals surface area (Å²) in [6.07, 6.45) is 1.84. The maximum Gasteiger partial charge on any atom is 0.328 e. The van der Waals surface area contributed by atoms with E-state index in [1.807, 2.05) is 0 Å². The fourth-order valence-electron chi connectivity index (χ4n) is 2.26. The van der Waals surface area contributed by atoms with E-state index in [0.717, 1.165) is 5.56 Å². The zero-order valence-electron chi connectivity index (χ0n) is 14.0. The van der Waals surface area contributed by atoms with Crippen molar-refractivity contribution < 1.29 is 23.5 Å². The molecule has 6 nitrogen and oxygen atoms in total. The highest BCUT2D eigenvalue weighted by atomic mass is 19.1. The Kier molecular flexibility index (Phi) is 6.45. The molecule has 0 fully saturated rings. The van der Waals surface area contributed by atoms with E-state index in [9.17, 15) is 14.0 Å². The SMILES string of the molecule is COC(=O)[C@H](Cc1ccc(OC)nc1)NC(=O)Cc1ccc(F)cc1. The Morgan fingerprint density at radius 2 is 1.80 bits per heavy atom. The Balaban J connectivity index is 2.02. The molecule has 2 rings (SSSR count). The minimum Gasteiger partial charge on any atom is -0.481 e. The third kappa shape index (κ3) is 5.56. The van der Waals surface area contributed by atoms with E-state index < -0.39 is 12.0 Å². The summed E-state index contributed by atoms with van der Waals surface area (Å²) >= 11 is 0. The van der Waals surface area contributed by atoms with E-state index in [1.54, 1.807) is 18.3 Å². The van der Waals surface area contributed by atoms with Gasteiger partial charge in [0.1, 0.15) is 11.9 Å². The molecule has 0 radical (unpaired) electrons. The summed E-state index contributed by atoms with van der Waals surface area (Å²) in [6, 6.07) is 8.20. The molecule has 7 heteroatoms. The average molecular weight is 346 g/mol. The number of amides is 1. The van der Waals surface area contributed by atoms with Crippen LogP contribution in [0.2, 0.25) is 0 Å². The molecule has 0 saturated carbocycles. The first-order valence-corrected chi connectivity index (χ1v) is 7.62. The highest BCUT2D eigenvalue weighted by Crippen LogP contribution is 2.10. The molecule has 0 aliphatic heterocycles. The summed E-state index contributed by atoms with van der Waals surface area (Å²) in [6.45, 7) is 0. The second kappa shape index (κ2) is 8.77. The monoisotopic (exact) mass is 346 g/mol. The summed E-state index contributed by atoms with van der Waals surface area (Å²) < 4.78 is 22.6. The van der Waals surface area contributed by atoms with Gasteiger partial charge in [0.25, 0.3) is 0 Å². The van der Waals surface area contributed by atoms with Crippen molar-refractivity contribution in [1.82, 2.24) is 10.3 Å². The van der Waals surface area contributed by atoms with Crippen molar-refractivity contribution in [1.29, 1.82) is 0 Å². The third-order valence-corrected chi connectivity index (χ3v) is 3.55. The zero-order valence-corrected chi connectivity index (χ0v) is 14.0. The van der Waals surface area contributed by atoms with Crippen LogP contribution in [-0.2, 0) is 27.2 Å². The number of methoxy groups -OCH3 is 2. The van der Waals surface area contributed by atoms with Crippen LogP contribution in [-0.4, -0.2) is 37.1 Å². The van der Waals surface area contributed by atoms with Crippen LogP contribution < -0.4 is 10.1 Å². The van der Waals surface area contributed by atoms with Crippen molar-refractivity contribution in [2.75, 3.05) is 14.2 Å². The molecule has 1 atom stereocenters. The first-order chi connectivity index (χ1) is 12.0. The van der Waals surface area contributed by atoms with Gasteiger partial charge < -0.3 is 14.8 Å². The van der Waals surface area contributed by atoms with Crippen LogP contribution in [0.3, 0.4) is 0 Å². The summed E-state index contributed by atoms with van der Waals surface area (Å²) in [5, 5.41) is 2.64. The largest absolute Gasteiger partial charge is 0.481 e. The van der Waals surface area contributed by atoms with Crippen LogP contribution in [0.5, 0.6) is 5.88 Å². The number of nitrogens with zero attached hydrogens (tertiary/aromatic N) is 1. The van der Waals surface area contributed by atoms with Gasteiger partial charge in [-0.1, -0.05) is 18.2 Å². The number of benzene rings is 1. The van der Waals surface area contributed by atoms with Crippen molar-refractivity contribution in [2.45, 2.75) is 18.9 Å². The number of esters is 1. The third-order valence-electron chi connectivity index (χ3n) is 3.55. The minimum atomic E-state index is -0.840. The molecule has 0 spiro atoms. The Hall–Kier alpha value is -2.96. The number of carbonyl (C=O) groups excluding carboxylic acids is 2. The van der Waals surface area contributed by atoms with Crippen LogP contribution in [0.15, 0.2) is 42.6 Å². The molecule has 1 aromatic carbocycles. The lowest BCUT2D eigenvalue weighted by atomic mass is 10.1. The van der Waals surface area contributed by atoms with Crippen LogP contribution in [0, 0.1) is 5.82 Å². The number of carbonyl (C=O) groups is 2. The van der Waals surface area contributed by atoms with Gasteiger partial charge in [-0.05, 0) is 23.3 Å². The lowest BCUT2D eigenvalue weighted by Gasteiger charge is -2.16. The maximum absolute atomic E-state index is 12.9. The fraction of sp³-hybridized carbons (Fsp3) is 0.278.